The van der Waals surface area contributed by atoms with E-state index in [1.54, 1.807) is 0 Å². The molecule has 0 heteroatoms. The fourth-order valence-corrected chi connectivity index (χ4v) is 8.49. The van der Waals surface area contributed by atoms with Crippen LogP contribution in [-0.4, -0.2) is 0 Å². The van der Waals surface area contributed by atoms with Crippen LogP contribution in [0.5, 0.6) is 0 Å². The quantitative estimate of drug-likeness (QED) is 0.145. The molecule has 0 saturated carbocycles. The van der Waals surface area contributed by atoms with Crippen molar-refractivity contribution in [2.45, 2.75) is 0 Å². The molecule has 11 aromatic carbocycles. The summed E-state index contributed by atoms with van der Waals surface area (Å²) in [6, 6.07) is 96.5. The van der Waals surface area contributed by atoms with Gasteiger partial charge in [0, 0.05) is 64.6 Å². The van der Waals surface area contributed by atoms with Gasteiger partial charge in [-0.25, -0.2) is 0 Å². The second kappa shape index (κ2) is 14.8. The molecule has 0 aromatic heterocycles. The maximum absolute atomic E-state index is 3.61. The summed E-state index contributed by atoms with van der Waals surface area (Å²) < 4.78 is 0. The van der Waals surface area contributed by atoms with E-state index in [9.17, 15) is 0 Å². The predicted octanol–water partition coefficient (Wildman–Crippen LogP) is 15.6. The van der Waals surface area contributed by atoms with Gasteiger partial charge < -0.3 is 0 Å². The summed E-state index contributed by atoms with van der Waals surface area (Å²) in [6.07, 6.45) is 0. The molecule has 0 aliphatic rings. The van der Waals surface area contributed by atoms with Crippen LogP contribution in [0.15, 0.2) is 194 Å². The summed E-state index contributed by atoms with van der Waals surface area (Å²) in [6.45, 7) is 0. The SMILES string of the molecule is c1c2cccc(c#cc3ccc4ccccc4c3c3c(c#cc4cccc(c#cc5ccc6ccccc6c5c5c(c#1)ccc1ccccc15)c4)ccc1ccccc13)c2. The highest BCUT2D eigenvalue weighted by atomic mass is 14.1. The molecular weight excluding hydrogens is 721 g/mol. The smallest absolute Gasteiger partial charge is 0.0334 e. The Hall–Kier alpha value is -8.52. The van der Waals surface area contributed by atoms with Crippen LogP contribution < -0.4 is 0 Å². The number of benzene rings is 10. The van der Waals surface area contributed by atoms with Crippen molar-refractivity contribution in [1.29, 1.82) is 0 Å². The first-order valence-corrected chi connectivity index (χ1v) is 20.1. The Balaban J connectivity index is 1.33. The minimum absolute atomic E-state index is 0.895. The molecule has 0 spiro atoms. The highest BCUT2D eigenvalue weighted by Gasteiger charge is 2.09. The van der Waals surface area contributed by atoms with E-state index >= 15 is 0 Å². The molecule has 0 aliphatic carbocycles. The van der Waals surface area contributed by atoms with Gasteiger partial charge in [0.1, 0.15) is 0 Å². The van der Waals surface area contributed by atoms with E-state index in [1.165, 1.54) is 0 Å². The van der Waals surface area contributed by atoms with E-state index in [0.29, 0.717) is 0 Å². The minimum atomic E-state index is 0.895. The summed E-state index contributed by atoms with van der Waals surface area (Å²) in [4.78, 5) is 0. The molecule has 0 aliphatic heterocycles. The Bertz CT molecular complexity index is 3290. The van der Waals surface area contributed by atoms with Crippen molar-refractivity contribution in [3.63, 3.8) is 0 Å². The molecule has 0 nitrogen and oxygen atoms in total. The van der Waals surface area contributed by atoms with Crippen LogP contribution >= 0.6 is 0 Å². The Labute approximate surface area is 348 Å². The van der Waals surface area contributed by atoms with Crippen LogP contribution in [-0.2, 0) is 0 Å². The Morgan fingerprint density at radius 1 is 0.200 bits per heavy atom. The van der Waals surface area contributed by atoms with Crippen LogP contribution in [0.2, 0.25) is 0 Å². The lowest BCUT2D eigenvalue weighted by Crippen LogP contribution is -1.80. The standard InChI is InChI=1S/C60H32/c1-5-19-53-45(15-1)31-35-49-27-23-41-11-9-13-43(39-41)25-29-51-37-33-47-17-3-7-21-55(47)59(51)60-52(38-34-48-18-4-8-22-56(48)60)30-26-44-14-10-12-42(40-44)24-28-50-36-32-46-16-2-6-20-54(46)58(50)57(49)53/h1-22,31-40H. The van der Waals surface area contributed by atoms with Crippen LogP contribution in [0.4, 0.5) is 0 Å². The van der Waals surface area contributed by atoms with Gasteiger partial charge in [-0.1, -0.05) is 182 Å². The van der Waals surface area contributed by atoms with Gasteiger partial charge in [0.15, 0.2) is 0 Å². The fourth-order valence-electron chi connectivity index (χ4n) is 8.49. The molecule has 272 valence electrons. The topological polar surface area (TPSA) is 0 Å². The normalized spacial score (nSPS) is 10.8. The summed E-state index contributed by atoms with van der Waals surface area (Å²) in [5.74, 6) is 0. The van der Waals surface area contributed by atoms with E-state index in [0.717, 1.165) is 108 Å². The van der Waals surface area contributed by atoms with Gasteiger partial charge in [0.05, 0.1) is 0 Å². The van der Waals surface area contributed by atoms with Crippen molar-refractivity contribution in [3.8, 4) is 0 Å². The average molecular weight is 753 g/mol. The lowest BCUT2D eigenvalue weighted by Gasteiger charge is -2.07. The van der Waals surface area contributed by atoms with Gasteiger partial charge >= 0.3 is 0 Å². The zero-order valence-electron chi connectivity index (χ0n) is 32.5. The van der Waals surface area contributed by atoms with Crippen molar-refractivity contribution in [2.75, 3.05) is 0 Å². The molecule has 0 heterocycles. The minimum Gasteiger partial charge on any atom is -0.0616 e. The molecule has 0 atom stereocenters. The van der Waals surface area contributed by atoms with Gasteiger partial charge in [0.2, 0.25) is 0 Å². The number of hydrogen-bond acceptors (Lipinski definition) is 0. The summed E-state index contributed by atoms with van der Waals surface area (Å²) >= 11 is 0. The molecule has 0 unspecified atom stereocenters. The first-order valence-electron chi connectivity index (χ1n) is 20.1. The number of hydrogen-bond donors (Lipinski definition) is 0. The molecule has 60 heavy (non-hydrogen) atoms. The fraction of sp³-hybridized carbons (Fsp3) is 0. The van der Waals surface area contributed by atoms with E-state index in [1.807, 2.05) is 12.1 Å². The summed E-state index contributed by atoms with van der Waals surface area (Å²) in [7, 11) is 0. The zero-order chi connectivity index (χ0) is 39.8. The van der Waals surface area contributed by atoms with Crippen molar-refractivity contribution in [3.05, 3.63) is 243 Å². The maximum Gasteiger partial charge on any atom is 0.0334 e. The van der Waals surface area contributed by atoms with Crippen molar-refractivity contribution in [2.24, 2.45) is 0 Å². The van der Waals surface area contributed by atoms with Crippen LogP contribution in [0, 0.1) is 48.5 Å². The van der Waals surface area contributed by atoms with Gasteiger partial charge in [-0.15, -0.1) is 0 Å². The lowest BCUT2D eigenvalue weighted by molar-refractivity contribution is 1.79. The van der Waals surface area contributed by atoms with E-state index in [4.69, 9.17) is 0 Å². The van der Waals surface area contributed by atoms with Gasteiger partial charge in [-0.3, -0.25) is 0 Å². The van der Waals surface area contributed by atoms with Crippen LogP contribution in [0.1, 0.15) is 0 Å². The van der Waals surface area contributed by atoms with Gasteiger partial charge in [-0.2, -0.15) is 0 Å². The van der Waals surface area contributed by atoms with E-state index in [2.05, 4.69) is 231 Å². The highest BCUT2D eigenvalue weighted by molar-refractivity contribution is 6.27. The molecule has 0 N–H and O–H groups in total. The first kappa shape index (κ1) is 34.7. The summed E-state index contributed by atoms with van der Waals surface area (Å²) in [5.41, 5.74) is 0. The number of rotatable bonds is 0. The van der Waals surface area contributed by atoms with Crippen LogP contribution in [0.25, 0.3) is 108 Å². The Kier molecular flexibility index (Phi) is 8.54. The molecule has 11 aromatic rings. The maximum atomic E-state index is 3.61. The Morgan fingerprint density at radius 3 is 0.717 bits per heavy atom. The second-order valence-electron chi connectivity index (χ2n) is 15.0. The molecule has 0 saturated heterocycles. The molecule has 4 bridgehead atoms. The zero-order valence-corrected chi connectivity index (χ0v) is 32.5. The third-order valence-corrected chi connectivity index (χ3v) is 11.3. The largest absolute Gasteiger partial charge is 0.0616 e. The monoisotopic (exact) mass is 752 g/mol. The molecule has 0 fully saturated rings. The summed E-state index contributed by atoms with van der Waals surface area (Å²) in [5, 5.41) is 20.8. The van der Waals surface area contributed by atoms with Crippen molar-refractivity contribution < 1.29 is 0 Å². The van der Waals surface area contributed by atoms with E-state index < -0.39 is 0 Å². The molecular formula is C60H32. The van der Waals surface area contributed by atoms with Crippen molar-refractivity contribution in [1.82, 2.24) is 0 Å². The second-order valence-corrected chi connectivity index (χ2v) is 15.0. The molecule has 0 radical (unpaired) electrons. The van der Waals surface area contributed by atoms with Gasteiger partial charge in [0.25, 0.3) is 0 Å². The lowest BCUT2D eigenvalue weighted by atomic mass is 9.95. The van der Waals surface area contributed by atoms with E-state index in [-0.39, 0.29) is 0 Å². The van der Waals surface area contributed by atoms with Crippen molar-refractivity contribution >= 4 is 108 Å². The predicted molar refractivity (Wildman–Crippen MR) is 254 cm³/mol. The van der Waals surface area contributed by atoms with Gasteiger partial charge in [-0.05, 0) is 104 Å². The highest BCUT2D eigenvalue weighted by Crippen LogP contribution is 2.35. The average Bonchev–Trinajstić information content (AvgIpc) is 3.30. The third-order valence-electron chi connectivity index (χ3n) is 11.3. The van der Waals surface area contributed by atoms with Crippen LogP contribution in [0.3, 0.4) is 0 Å². The Morgan fingerprint density at radius 2 is 0.450 bits per heavy atom. The first-order chi connectivity index (χ1) is 29.7. The number of fused-ring (bicyclic) bond motifs is 18. The third kappa shape index (κ3) is 6.34. The molecule has 11 rings (SSSR count). The molecule has 0 amide bonds.